The highest BCUT2D eigenvalue weighted by atomic mass is 35.5. The highest BCUT2D eigenvalue weighted by Crippen LogP contribution is 2.27. The predicted octanol–water partition coefficient (Wildman–Crippen LogP) is -1.29. The van der Waals surface area contributed by atoms with Gasteiger partial charge < -0.3 is 22.5 Å². The quantitative estimate of drug-likeness (QED) is 0.766. The van der Waals surface area contributed by atoms with E-state index in [4.69, 9.17) is 4.74 Å². The van der Waals surface area contributed by atoms with Crippen molar-refractivity contribution in [2.45, 2.75) is 18.8 Å². The molecule has 0 atom stereocenters. The van der Waals surface area contributed by atoms with Gasteiger partial charge >= 0.3 is 0 Å². The molecule has 2 aromatic rings. The van der Waals surface area contributed by atoms with Gasteiger partial charge in [0.2, 0.25) is 0 Å². The van der Waals surface area contributed by atoms with E-state index in [0.717, 1.165) is 5.75 Å². The van der Waals surface area contributed by atoms with Crippen LogP contribution in [0.25, 0.3) is 0 Å². The SMILES string of the molecule is [Cl-].c1ncc(Oc2ccc(C3CC[NH2+]CC3)cc2)cn1. The maximum Gasteiger partial charge on any atom is 0.163 e. The molecule has 2 heterocycles. The van der Waals surface area contributed by atoms with Crippen LogP contribution in [-0.4, -0.2) is 23.1 Å². The lowest BCUT2D eigenvalue weighted by atomic mass is 9.90. The summed E-state index contributed by atoms with van der Waals surface area (Å²) in [6, 6.07) is 8.41. The molecular weight excluding hydrogens is 274 g/mol. The molecule has 0 radical (unpaired) electrons. The van der Waals surface area contributed by atoms with Crippen molar-refractivity contribution in [1.82, 2.24) is 9.97 Å². The van der Waals surface area contributed by atoms with E-state index in [1.165, 1.54) is 37.8 Å². The highest BCUT2D eigenvalue weighted by molar-refractivity contribution is 5.32. The fraction of sp³-hybridized carbons (Fsp3) is 0.333. The molecule has 106 valence electrons. The van der Waals surface area contributed by atoms with E-state index >= 15 is 0 Å². The van der Waals surface area contributed by atoms with Gasteiger partial charge in [-0.2, -0.15) is 0 Å². The van der Waals surface area contributed by atoms with Crippen LogP contribution < -0.4 is 22.5 Å². The number of benzene rings is 1. The summed E-state index contributed by atoms with van der Waals surface area (Å²) in [6.45, 7) is 2.48. The van der Waals surface area contributed by atoms with Gasteiger partial charge in [-0.25, -0.2) is 9.97 Å². The molecule has 1 aromatic carbocycles. The van der Waals surface area contributed by atoms with Crippen molar-refractivity contribution < 1.29 is 22.5 Å². The zero-order chi connectivity index (χ0) is 12.9. The van der Waals surface area contributed by atoms with E-state index in [-0.39, 0.29) is 12.4 Å². The second-order valence-corrected chi connectivity index (χ2v) is 4.89. The minimum Gasteiger partial charge on any atom is -1.00 e. The van der Waals surface area contributed by atoms with E-state index < -0.39 is 0 Å². The molecular formula is C15H18ClN3O. The smallest absolute Gasteiger partial charge is 0.163 e. The first-order valence-corrected chi connectivity index (χ1v) is 6.76. The van der Waals surface area contributed by atoms with E-state index in [2.05, 4.69) is 27.4 Å². The van der Waals surface area contributed by atoms with Crippen LogP contribution >= 0.6 is 0 Å². The molecule has 1 fully saturated rings. The van der Waals surface area contributed by atoms with Gasteiger partial charge in [0.1, 0.15) is 12.1 Å². The molecule has 0 saturated carbocycles. The van der Waals surface area contributed by atoms with Crippen LogP contribution in [0.3, 0.4) is 0 Å². The fourth-order valence-corrected chi connectivity index (χ4v) is 2.54. The first-order valence-electron chi connectivity index (χ1n) is 6.76. The lowest BCUT2D eigenvalue weighted by Gasteiger charge is -2.20. The molecule has 2 N–H and O–H groups in total. The third-order valence-corrected chi connectivity index (χ3v) is 3.56. The van der Waals surface area contributed by atoms with Crippen molar-refractivity contribution in [3.05, 3.63) is 48.5 Å². The zero-order valence-electron chi connectivity index (χ0n) is 11.2. The van der Waals surface area contributed by atoms with Gasteiger partial charge in [0, 0.05) is 12.8 Å². The number of hydrogen-bond acceptors (Lipinski definition) is 3. The number of nitrogens with two attached hydrogens (primary N) is 1. The molecule has 5 heteroatoms. The number of halogens is 1. The summed E-state index contributed by atoms with van der Waals surface area (Å²) in [5.41, 5.74) is 1.42. The Bertz CT molecular complexity index is 512. The monoisotopic (exact) mass is 291 g/mol. The lowest BCUT2D eigenvalue weighted by Crippen LogP contribution is -3.00. The van der Waals surface area contributed by atoms with Gasteiger partial charge in [0.15, 0.2) is 5.75 Å². The molecule has 1 aliphatic rings. The van der Waals surface area contributed by atoms with Crippen molar-refractivity contribution in [2.24, 2.45) is 0 Å². The standard InChI is InChI=1S/C15H17N3O.ClH/c1-3-14(19-15-9-17-11-18-10-15)4-2-12(1)13-5-7-16-8-6-13;/h1-4,9-11,13,16H,5-8H2;1H. The summed E-state index contributed by atoms with van der Waals surface area (Å²) in [5, 5.41) is 2.39. The number of hydrogen-bond donors (Lipinski definition) is 1. The second kappa shape index (κ2) is 7.22. The number of quaternary nitrogens is 1. The normalized spacial score (nSPS) is 15.4. The Kier molecular flexibility index (Phi) is 5.32. The Morgan fingerprint density at radius 1 is 0.950 bits per heavy atom. The highest BCUT2D eigenvalue weighted by Gasteiger charge is 2.17. The van der Waals surface area contributed by atoms with Gasteiger partial charge in [-0.1, -0.05) is 12.1 Å². The minimum atomic E-state index is 0. The van der Waals surface area contributed by atoms with E-state index in [0.29, 0.717) is 11.7 Å². The maximum atomic E-state index is 5.69. The first kappa shape index (κ1) is 14.8. The fourth-order valence-electron chi connectivity index (χ4n) is 2.54. The Morgan fingerprint density at radius 3 is 2.25 bits per heavy atom. The molecule has 4 nitrogen and oxygen atoms in total. The van der Waals surface area contributed by atoms with Gasteiger partial charge in [-0.15, -0.1) is 0 Å². The van der Waals surface area contributed by atoms with Crippen molar-refractivity contribution in [2.75, 3.05) is 13.1 Å². The van der Waals surface area contributed by atoms with Gasteiger partial charge in [-0.3, -0.25) is 0 Å². The van der Waals surface area contributed by atoms with Gasteiger partial charge in [0.25, 0.3) is 0 Å². The predicted molar refractivity (Wildman–Crippen MR) is 72.2 cm³/mol. The van der Waals surface area contributed by atoms with Crippen LogP contribution in [0.5, 0.6) is 11.5 Å². The van der Waals surface area contributed by atoms with Crippen LogP contribution in [0.15, 0.2) is 43.0 Å². The number of rotatable bonds is 3. The van der Waals surface area contributed by atoms with Crippen LogP contribution in [0, 0.1) is 0 Å². The maximum absolute atomic E-state index is 5.69. The van der Waals surface area contributed by atoms with Crippen molar-refractivity contribution in [1.29, 1.82) is 0 Å². The van der Waals surface area contributed by atoms with E-state index in [1.807, 2.05) is 12.1 Å². The van der Waals surface area contributed by atoms with Crippen molar-refractivity contribution >= 4 is 0 Å². The Hall–Kier alpha value is -1.65. The molecule has 3 rings (SSSR count). The van der Waals surface area contributed by atoms with Crippen molar-refractivity contribution in [3.8, 4) is 11.5 Å². The third kappa shape index (κ3) is 3.68. The summed E-state index contributed by atoms with van der Waals surface area (Å²) in [4.78, 5) is 7.86. The molecule has 0 aliphatic carbocycles. The topological polar surface area (TPSA) is 51.6 Å². The Morgan fingerprint density at radius 2 is 1.60 bits per heavy atom. The number of nitrogens with zero attached hydrogens (tertiary/aromatic N) is 2. The molecule has 0 bridgehead atoms. The number of ether oxygens (including phenoxy) is 1. The number of aromatic nitrogens is 2. The molecule has 20 heavy (non-hydrogen) atoms. The Balaban J connectivity index is 0.00000147. The van der Waals surface area contributed by atoms with Crippen LogP contribution in [-0.2, 0) is 0 Å². The number of piperidine rings is 1. The molecule has 0 spiro atoms. The molecule has 0 unspecified atom stereocenters. The molecule has 1 aliphatic heterocycles. The molecule has 1 aromatic heterocycles. The first-order chi connectivity index (χ1) is 9.42. The second-order valence-electron chi connectivity index (χ2n) is 4.89. The summed E-state index contributed by atoms with van der Waals surface area (Å²) >= 11 is 0. The Labute approximate surface area is 125 Å². The average molecular weight is 292 g/mol. The zero-order valence-corrected chi connectivity index (χ0v) is 12.0. The van der Waals surface area contributed by atoms with Crippen LogP contribution in [0.4, 0.5) is 0 Å². The van der Waals surface area contributed by atoms with E-state index in [9.17, 15) is 0 Å². The molecule has 1 saturated heterocycles. The minimum absolute atomic E-state index is 0. The van der Waals surface area contributed by atoms with Crippen molar-refractivity contribution in [3.63, 3.8) is 0 Å². The van der Waals surface area contributed by atoms with E-state index in [1.54, 1.807) is 12.4 Å². The summed E-state index contributed by atoms with van der Waals surface area (Å²) in [6.07, 6.45) is 7.37. The summed E-state index contributed by atoms with van der Waals surface area (Å²) in [5.74, 6) is 2.21. The third-order valence-electron chi connectivity index (χ3n) is 3.56. The van der Waals surface area contributed by atoms with Gasteiger partial charge in [-0.05, 0) is 23.6 Å². The molecule has 0 amide bonds. The summed E-state index contributed by atoms with van der Waals surface area (Å²) in [7, 11) is 0. The van der Waals surface area contributed by atoms with Gasteiger partial charge in [0.05, 0.1) is 25.5 Å². The lowest BCUT2D eigenvalue weighted by molar-refractivity contribution is -0.663. The summed E-state index contributed by atoms with van der Waals surface area (Å²) < 4.78 is 5.69. The van der Waals surface area contributed by atoms with Crippen LogP contribution in [0.2, 0.25) is 0 Å². The average Bonchev–Trinajstić information content (AvgIpc) is 2.50. The largest absolute Gasteiger partial charge is 1.00 e. The van der Waals surface area contributed by atoms with Crippen LogP contribution in [0.1, 0.15) is 24.3 Å².